The van der Waals surface area contributed by atoms with Gasteiger partial charge in [-0.25, -0.2) is 0 Å². The molecule has 0 aliphatic heterocycles. The van der Waals surface area contributed by atoms with Gasteiger partial charge >= 0.3 is 0 Å². The average Bonchev–Trinajstić information content (AvgIpc) is 2.43. The predicted molar refractivity (Wildman–Crippen MR) is 86.6 cm³/mol. The SMILES string of the molecule is Oc1c(-c2cccc(I)c2)cc(Cl)c2cccnc12. The molecule has 0 atom stereocenters. The minimum atomic E-state index is 0.169. The van der Waals surface area contributed by atoms with E-state index in [2.05, 4.69) is 27.6 Å². The molecular formula is C15H9ClINO. The van der Waals surface area contributed by atoms with Crippen molar-refractivity contribution in [2.24, 2.45) is 0 Å². The molecular weight excluding hydrogens is 373 g/mol. The third-order valence-corrected chi connectivity index (χ3v) is 3.93. The van der Waals surface area contributed by atoms with Gasteiger partial charge in [0.2, 0.25) is 0 Å². The van der Waals surface area contributed by atoms with E-state index in [1.807, 2.05) is 30.3 Å². The number of fused-ring (bicyclic) bond motifs is 1. The lowest BCUT2D eigenvalue weighted by molar-refractivity contribution is 0.482. The van der Waals surface area contributed by atoms with E-state index >= 15 is 0 Å². The molecule has 3 rings (SSSR count). The fourth-order valence-electron chi connectivity index (χ4n) is 2.06. The molecule has 0 radical (unpaired) electrons. The van der Waals surface area contributed by atoms with E-state index in [1.54, 1.807) is 18.3 Å². The molecule has 0 saturated carbocycles. The number of halogens is 2. The van der Waals surface area contributed by atoms with Crippen LogP contribution in [0.4, 0.5) is 0 Å². The first kappa shape index (κ1) is 12.7. The van der Waals surface area contributed by atoms with Crippen molar-refractivity contribution >= 4 is 45.1 Å². The van der Waals surface area contributed by atoms with E-state index in [4.69, 9.17) is 11.6 Å². The summed E-state index contributed by atoms with van der Waals surface area (Å²) in [7, 11) is 0. The summed E-state index contributed by atoms with van der Waals surface area (Å²) in [5.74, 6) is 0.169. The van der Waals surface area contributed by atoms with Crippen molar-refractivity contribution in [3.8, 4) is 16.9 Å². The third-order valence-electron chi connectivity index (χ3n) is 2.95. The highest BCUT2D eigenvalue weighted by molar-refractivity contribution is 14.1. The highest BCUT2D eigenvalue weighted by Crippen LogP contribution is 2.39. The van der Waals surface area contributed by atoms with Crippen LogP contribution in [0, 0.1) is 3.57 Å². The fraction of sp³-hybridized carbons (Fsp3) is 0. The highest BCUT2D eigenvalue weighted by atomic mass is 127. The monoisotopic (exact) mass is 381 g/mol. The van der Waals surface area contributed by atoms with Gasteiger partial charge in [-0.1, -0.05) is 23.7 Å². The summed E-state index contributed by atoms with van der Waals surface area (Å²) in [6.07, 6.45) is 1.65. The minimum Gasteiger partial charge on any atom is -0.505 e. The van der Waals surface area contributed by atoms with Gasteiger partial charge in [-0.2, -0.15) is 0 Å². The molecule has 0 fully saturated rings. The van der Waals surface area contributed by atoms with Gasteiger partial charge in [0.1, 0.15) is 11.3 Å². The molecule has 1 N–H and O–H groups in total. The maximum absolute atomic E-state index is 10.4. The largest absolute Gasteiger partial charge is 0.505 e. The standard InChI is InChI=1S/C15H9ClINO/c16-13-8-12(9-3-1-4-10(17)7-9)15(19)14-11(13)5-2-6-18-14/h1-8,19H. The van der Waals surface area contributed by atoms with Crippen LogP contribution in [0.15, 0.2) is 48.7 Å². The van der Waals surface area contributed by atoms with Gasteiger partial charge in [-0.3, -0.25) is 4.98 Å². The molecule has 0 bridgehead atoms. The molecule has 0 saturated heterocycles. The topological polar surface area (TPSA) is 33.1 Å². The van der Waals surface area contributed by atoms with Gasteiger partial charge in [0.25, 0.3) is 0 Å². The maximum atomic E-state index is 10.4. The van der Waals surface area contributed by atoms with Crippen LogP contribution in [0.1, 0.15) is 0 Å². The predicted octanol–water partition coefficient (Wildman–Crippen LogP) is 4.87. The minimum absolute atomic E-state index is 0.169. The van der Waals surface area contributed by atoms with Crippen LogP contribution in [0.25, 0.3) is 22.0 Å². The van der Waals surface area contributed by atoms with Crippen LogP contribution in [0.2, 0.25) is 5.02 Å². The number of hydrogen-bond donors (Lipinski definition) is 1. The zero-order valence-corrected chi connectivity index (χ0v) is 12.7. The Balaban J connectivity index is 2.34. The molecule has 2 aromatic carbocycles. The Labute approximate surface area is 129 Å². The quantitative estimate of drug-likeness (QED) is 0.610. The fourth-order valence-corrected chi connectivity index (χ4v) is 2.87. The van der Waals surface area contributed by atoms with Crippen molar-refractivity contribution in [1.29, 1.82) is 0 Å². The number of phenols is 1. The number of nitrogens with zero attached hydrogens (tertiary/aromatic N) is 1. The van der Waals surface area contributed by atoms with Gasteiger partial charge in [0.15, 0.2) is 0 Å². The summed E-state index contributed by atoms with van der Waals surface area (Å²) >= 11 is 8.51. The van der Waals surface area contributed by atoms with Crippen molar-refractivity contribution in [3.05, 3.63) is 57.3 Å². The van der Waals surface area contributed by atoms with Crippen LogP contribution in [0.3, 0.4) is 0 Å². The molecule has 4 heteroatoms. The van der Waals surface area contributed by atoms with Gasteiger partial charge in [0, 0.05) is 20.7 Å². The summed E-state index contributed by atoms with van der Waals surface area (Å²) < 4.78 is 1.10. The summed E-state index contributed by atoms with van der Waals surface area (Å²) in [5, 5.41) is 11.7. The highest BCUT2D eigenvalue weighted by Gasteiger charge is 2.12. The number of pyridine rings is 1. The molecule has 0 spiro atoms. The molecule has 19 heavy (non-hydrogen) atoms. The van der Waals surface area contributed by atoms with Crippen LogP contribution < -0.4 is 0 Å². The molecule has 0 aliphatic rings. The van der Waals surface area contributed by atoms with Crippen molar-refractivity contribution in [2.75, 3.05) is 0 Å². The molecule has 2 nitrogen and oxygen atoms in total. The molecule has 94 valence electrons. The molecule has 1 heterocycles. The van der Waals surface area contributed by atoms with Gasteiger partial charge in [-0.05, 0) is 58.5 Å². The lowest BCUT2D eigenvalue weighted by atomic mass is 10.0. The number of aromatic hydroxyl groups is 1. The van der Waals surface area contributed by atoms with Gasteiger partial charge < -0.3 is 5.11 Å². The van der Waals surface area contributed by atoms with E-state index in [0.29, 0.717) is 16.1 Å². The first-order chi connectivity index (χ1) is 9.16. The number of phenolic OH excluding ortho intramolecular Hbond substituents is 1. The maximum Gasteiger partial charge on any atom is 0.149 e. The molecule has 1 aromatic heterocycles. The summed E-state index contributed by atoms with van der Waals surface area (Å²) in [4.78, 5) is 4.21. The van der Waals surface area contributed by atoms with E-state index in [-0.39, 0.29) is 5.75 Å². The zero-order chi connectivity index (χ0) is 13.4. The lowest BCUT2D eigenvalue weighted by Gasteiger charge is -2.09. The molecule has 0 aliphatic carbocycles. The zero-order valence-electron chi connectivity index (χ0n) is 9.77. The Kier molecular flexibility index (Phi) is 3.33. The van der Waals surface area contributed by atoms with Crippen LogP contribution in [-0.4, -0.2) is 10.1 Å². The van der Waals surface area contributed by atoms with Crippen molar-refractivity contribution in [2.45, 2.75) is 0 Å². The second kappa shape index (κ2) is 4.98. The molecule has 0 amide bonds. The summed E-state index contributed by atoms with van der Waals surface area (Å²) in [5.41, 5.74) is 2.16. The number of hydrogen-bond acceptors (Lipinski definition) is 2. The van der Waals surface area contributed by atoms with Gasteiger partial charge in [0.05, 0.1) is 5.02 Å². The van der Waals surface area contributed by atoms with Crippen molar-refractivity contribution in [1.82, 2.24) is 4.98 Å². The lowest BCUT2D eigenvalue weighted by Crippen LogP contribution is -1.86. The Morgan fingerprint density at radius 3 is 2.74 bits per heavy atom. The Hall–Kier alpha value is -1.33. The Bertz CT molecular complexity index is 773. The molecule has 0 unspecified atom stereocenters. The Morgan fingerprint density at radius 2 is 1.95 bits per heavy atom. The second-order valence-electron chi connectivity index (χ2n) is 4.16. The van der Waals surface area contributed by atoms with E-state index < -0.39 is 0 Å². The summed E-state index contributed by atoms with van der Waals surface area (Å²) in [6.45, 7) is 0. The van der Waals surface area contributed by atoms with Crippen LogP contribution in [-0.2, 0) is 0 Å². The first-order valence-electron chi connectivity index (χ1n) is 5.69. The van der Waals surface area contributed by atoms with Crippen LogP contribution >= 0.6 is 34.2 Å². The first-order valence-corrected chi connectivity index (χ1v) is 7.14. The smallest absolute Gasteiger partial charge is 0.149 e. The number of aromatic nitrogens is 1. The van der Waals surface area contributed by atoms with E-state index in [9.17, 15) is 5.11 Å². The number of benzene rings is 2. The van der Waals surface area contributed by atoms with Crippen molar-refractivity contribution in [3.63, 3.8) is 0 Å². The van der Waals surface area contributed by atoms with Crippen LogP contribution in [0.5, 0.6) is 5.75 Å². The molecule has 3 aromatic rings. The Morgan fingerprint density at radius 1 is 1.11 bits per heavy atom. The third kappa shape index (κ3) is 2.28. The van der Waals surface area contributed by atoms with E-state index in [1.165, 1.54) is 0 Å². The second-order valence-corrected chi connectivity index (χ2v) is 5.82. The normalized spacial score (nSPS) is 10.8. The van der Waals surface area contributed by atoms with Gasteiger partial charge in [-0.15, -0.1) is 0 Å². The summed E-state index contributed by atoms with van der Waals surface area (Å²) in [6, 6.07) is 13.3. The van der Waals surface area contributed by atoms with Crippen molar-refractivity contribution < 1.29 is 5.11 Å². The van der Waals surface area contributed by atoms with E-state index in [0.717, 1.165) is 14.5 Å². The number of rotatable bonds is 1. The average molecular weight is 382 g/mol.